The minimum atomic E-state index is -0.785. The van der Waals surface area contributed by atoms with E-state index in [1.165, 1.54) is 4.90 Å². The number of rotatable bonds is 10. The first-order valence-electron chi connectivity index (χ1n) is 19.0. The molecule has 0 aliphatic carbocycles. The van der Waals surface area contributed by atoms with Crippen molar-refractivity contribution in [2.45, 2.75) is 57.8 Å². The van der Waals surface area contributed by atoms with Crippen LogP contribution in [0.25, 0.3) is 11.3 Å². The number of hydrogen-bond acceptors (Lipinski definition) is 10. The number of pyridine rings is 1. The first kappa shape index (κ1) is 37.4. The van der Waals surface area contributed by atoms with Crippen LogP contribution < -0.4 is 20.9 Å². The Morgan fingerprint density at radius 1 is 0.982 bits per heavy atom. The Balaban J connectivity index is 0.841. The highest BCUT2D eigenvalue weighted by Crippen LogP contribution is 2.32. The van der Waals surface area contributed by atoms with Gasteiger partial charge in [-0.2, -0.15) is 0 Å². The van der Waals surface area contributed by atoms with E-state index in [4.69, 9.17) is 0 Å². The summed E-state index contributed by atoms with van der Waals surface area (Å²) in [5.74, 6) is -1.47. The quantitative estimate of drug-likeness (QED) is 0.148. The SMILES string of the molecule is Cc1ccc(NC(=O)c2ccc(N3CCC(N(C)Cc4ccc5c(c4F)CN(C4CCC(=O)NC4=O)C5=O)CC3)cc2)cc1Nc1nccc(-c2cccnc2)n1. The van der Waals surface area contributed by atoms with Crippen molar-refractivity contribution in [3.63, 3.8) is 0 Å². The predicted octanol–water partition coefficient (Wildman–Crippen LogP) is 5.84. The van der Waals surface area contributed by atoms with Crippen LogP contribution in [0.2, 0.25) is 0 Å². The average Bonchev–Trinajstić information content (AvgIpc) is 3.56. The molecule has 57 heavy (non-hydrogen) atoms. The fraction of sp³-hybridized carbons (Fsp3) is 0.279. The molecule has 3 aromatic carbocycles. The number of fused-ring (bicyclic) bond motifs is 1. The van der Waals surface area contributed by atoms with Gasteiger partial charge in [0.05, 0.1) is 12.2 Å². The van der Waals surface area contributed by atoms with Crippen LogP contribution in [0.4, 0.5) is 27.4 Å². The number of imide groups is 1. The zero-order valence-electron chi connectivity index (χ0n) is 31.7. The van der Waals surface area contributed by atoms with E-state index in [9.17, 15) is 19.2 Å². The predicted molar refractivity (Wildman–Crippen MR) is 213 cm³/mol. The standard InChI is InChI=1S/C43H42FN9O4/c1-26-5-9-30(22-36(26)49-43-46-19-15-35(48-43)28-4-3-18-45-23-28)47-40(55)27-6-10-32(11-7-27)52-20-16-31(17-21-52)51(2)24-29-8-12-33-34(39(29)44)25-53(42(33)57)37-13-14-38(54)50-41(37)56/h3-12,15,18-19,22-23,31,37H,13-14,16-17,20-21,24-25H2,1-2H3,(H,47,55)(H,46,48,49)(H,50,54,56). The summed E-state index contributed by atoms with van der Waals surface area (Å²) in [6, 6.07) is 21.6. The summed E-state index contributed by atoms with van der Waals surface area (Å²) in [5.41, 5.74) is 6.64. The number of halogens is 1. The minimum absolute atomic E-state index is 0.00663. The molecule has 13 nitrogen and oxygen atoms in total. The molecule has 2 fully saturated rings. The molecule has 0 bridgehead atoms. The van der Waals surface area contributed by atoms with Gasteiger partial charge in [-0.15, -0.1) is 0 Å². The van der Waals surface area contributed by atoms with E-state index >= 15 is 4.39 Å². The minimum Gasteiger partial charge on any atom is -0.371 e. The number of hydrogen-bond donors (Lipinski definition) is 3. The van der Waals surface area contributed by atoms with Gasteiger partial charge in [0.25, 0.3) is 11.8 Å². The van der Waals surface area contributed by atoms with E-state index in [2.05, 4.69) is 40.7 Å². The van der Waals surface area contributed by atoms with Gasteiger partial charge in [0.1, 0.15) is 11.9 Å². The van der Waals surface area contributed by atoms with Crippen LogP contribution in [0.1, 0.15) is 63.1 Å². The van der Waals surface area contributed by atoms with E-state index < -0.39 is 17.8 Å². The van der Waals surface area contributed by atoms with E-state index in [-0.39, 0.29) is 48.7 Å². The van der Waals surface area contributed by atoms with Crippen LogP contribution >= 0.6 is 0 Å². The lowest BCUT2D eigenvalue weighted by Gasteiger charge is -2.38. The summed E-state index contributed by atoms with van der Waals surface area (Å²) in [4.78, 5) is 69.4. The van der Waals surface area contributed by atoms with Crippen molar-refractivity contribution in [2.75, 3.05) is 35.7 Å². The maximum atomic E-state index is 15.8. The fourth-order valence-electron chi connectivity index (χ4n) is 7.81. The van der Waals surface area contributed by atoms with Gasteiger partial charge in [0.15, 0.2) is 0 Å². The average molecular weight is 768 g/mol. The summed E-state index contributed by atoms with van der Waals surface area (Å²) in [7, 11) is 1.99. The van der Waals surface area contributed by atoms with Gasteiger partial charge in [0.2, 0.25) is 17.8 Å². The lowest BCUT2D eigenvalue weighted by molar-refractivity contribution is -0.136. The molecular formula is C43H42FN9O4. The van der Waals surface area contributed by atoms with Gasteiger partial charge in [-0.05, 0) is 99.5 Å². The molecule has 2 aromatic heterocycles. The molecule has 1 atom stereocenters. The zero-order chi connectivity index (χ0) is 39.6. The van der Waals surface area contributed by atoms with Crippen LogP contribution in [0, 0.1) is 12.7 Å². The topological polar surface area (TPSA) is 153 Å². The Bertz CT molecular complexity index is 2350. The molecule has 290 valence electrons. The van der Waals surface area contributed by atoms with Gasteiger partial charge < -0.3 is 20.4 Å². The Morgan fingerprint density at radius 3 is 2.54 bits per heavy atom. The molecule has 14 heteroatoms. The highest BCUT2D eigenvalue weighted by molar-refractivity contribution is 6.06. The van der Waals surface area contributed by atoms with Crippen molar-refractivity contribution in [2.24, 2.45) is 0 Å². The van der Waals surface area contributed by atoms with E-state index in [1.54, 1.807) is 30.7 Å². The summed E-state index contributed by atoms with van der Waals surface area (Å²) in [5, 5.41) is 8.57. The molecule has 0 radical (unpaired) electrons. The number of nitrogens with zero attached hydrogens (tertiary/aromatic N) is 6. The van der Waals surface area contributed by atoms with E-state index in [1.807, 2.05) is 74.6 Å². The van der Waals surface area contributed by atoms with Gasteiger partial charge in [0, 0.05) is 95.6 Å². The molecule has 4 amide bonds. The maximum absolute atomic E-state index is 15.8. The molecule has 1 unspecified atom stereocenters. The smallest absolute Gasteiger partial charge is 0.255 e. The molecular weight excluding hydrogens is 726 g/mol. The van der Waals surface area contributed by atoms with Crippen molar-refractivity contribution in [3.05, 3.63) is 125 Å². The number of carbonyl (C=O) groups excluding carboxylic acids is 4. The maximum Gasteiger partial charge on any atom is 0.255 e. The van der Waals surface area contributed by atoms with Crippen LogP contribution in [0.15, 0.2) is 91.4 Å². The zero-order valence-corrected chi connectivity index (χ0v) is 31.7. The fourth-order valence-corrected chi connectivity index (χ4v) is 7.81. The van der Waals surface area contributed by atoms with Crippen molar-refractivity contribution < 1.29 is 23.6 Å². The molecule has 5 heterocycles. The molecule has 3 N–H and O–H groups in total. The van der Waals surface area contributed by atoms with Crippen LogP contribution in [-0.2, 0) is 22.7 Å². The Labute approximate surface area is 329 Å². The second-order valence-corrected chi connectivity index (χ2v) is 14.8. The molecule has 8 rings (SSSR count). The summed E-state index contributed by atoms with van der Waals surface area (Å²) in [6.07, 6.45) is 7.27. The highest BCUT2D eigenvalue weighted by atomic mass is 19.1. The second kappa shape index (κ2) is 15.9. The van der Waals surface area contributed by atoms with Crippen LogP contribution in [0.5, 0.6) is 0 Å². The van der Waals surface area contributed by atoms with Gasteiger partial charge in [-0.3, -0.25) is 34.4 Å². The summed E-state index contributed by atoms with van der Waals surface area (Å²) < 4.78 is 15.8. The van der Waals surface area contributed by atoms with E-state index in [0.29, 0.717) is 34.9 Å². The second-order valence-electron chi connectivity index (χ2n) is 14.8. The van der Waals surface area contributed by atoms with Crippen LogP contribution in [0.3, 0.4) is 0 Å². The number of amides is 4. The number of aromatic nitrogens is 3. The third-order valence-corrected chi connectivity index (χ3v) is 11.1. The molecule has 2 saturated heterocycles. The van der Waals surface area contributed by atoms with Gasteiger partial charge in [-0.25, -0.2) is 14.4 Å². The lowest BCUT2D eigenvalue weighted by Crippen LogP contribution is -2.52. The number of anilines is 4. The number of aryl methyl sites for hydroxylation is 1. The Hall–Kier alpha value is -6.54. The molecule has 3 aliphatic heterocycles. The number of nitrogens with one attached hydrogen (secondary N) is 3. The highest BCUT2D eigenvalue weighted by Gasteiger charge is 2.40. The molecule has 3 aliphatic rings. The number of piperidine rings is 2. The van der Waals surface area contributed by atoms with Gasteiger partial charge >= 0.3 is 0 Å². The van der Waals surface area contributed by atoms with Crippen molar-refractivity contribution in [1.29, 1.82) is 0 Å². The van der Waals surface area contributed by atoms with Gasteiger partial charge in [-0.1, -0.05) is 12.1 Å². The number of carbonyl (C=O) groups is 4. The van der Waals surface area contributed by atoms with Crippen LogP contribution in [-0.4, -0.2) is 80.6 Å². The molecule has 0 saturated carbocycles. The largest absolute Gasteiger partial charge is 0.371 e. The van der Waals surface area contributed by atoms with Crippen molar-refractivity contribution in [1.82, 2.24) is 30.1 Å². The van der Waals surface area contributed by atoms with Crippen molar-refractivity contribution >= 4 is 46.6 Å². The van der Waals surface area contributed by atoms with E-state index in [0.717, 1.165) is 54.1 Å². The lowest BCUT2D eigenvalue weighted by atomic mass is 10.0. The summed E-state index contributed by atoms with van der Waals surface area (Å²) in [6.45, 7) is 3.96. The first-order chi connectivity index (χ1) is 27.6. The Morgan fingerprint density at radius 2 is 1.79 bits per heavy atom. The molecule has 5 aromatic rings. The monoisotopic (exact) mass is 767 g/mol. The Kier molecular flexibility index (Phi) is 10.4. The van der Waals surface area contributed by atoms with Crippen molar-refractivity contribution in [3.8, 4) is 11.3 Å². The first-order valence-corrected chi connectivity index (χ1v) is 19.0. The third-order valence-electron chi connectivity index (χ3n) is 11.1. The number of benzene rings is 3. The molecule has 0 spiro atoms. The third kappa shape index (κ3) is 7.94. The summed E-state index contributed by atoms with van der Waals surface area (Å²) >= 11 is 0. The normalized spacial score (nSPS) is 17.1.